The number of hydrogen-bond acceptors (Lipinski definition) is 5. The first-order chi connectivity index (χ1) is 10.9. The third-order valence-electron chi connectivity index (χ3n) is 3.32. The number of aromatic amines is 1. The molecule has 0 atom stereocenters. The summed E-state index contributed by atoms with van der Waals surface area (Å²) >= 11 is 0. The molecule has 0 aliphatic rings. The second-order valence-corrected chi connectivity index (χ2v) is 7.18. The standard InChI is InChI=1S/C15H19N3O4S/c1-18(2)23(20,21)12-6-7-14(22-3)13(9-12)17-10-11-5-4-8-16-15(11)19/h4-9,17H,10H2,1-3H3,(H,16,19). The van der Waals surface area contributed by atoms with Gasteiger partial charge in [-0.05, 0) is 24.3 Å². The molecule has 0 amide bonds. The van der Waals surface area contributed by atoms with Gasteiger partial charge in [-0.25, -0.2) is 12.7 Å². The summed E-state index contributed by atoms with van der Waals surface area (Å²) in [6, 6.07) is 7.97. The van der Waals surface area contributed by atoms with Crippen LogP contribution in [0, 0.1) is 0 Å². The molecule has 0 unspecified atom stereocenters. The van der Waals surface area contributed by atoms with Crippen LogP contribution < -0.4 is 15.6 Å². The summed E-state index contributed by atoms with van der Waals surface area (Å²) in [5.74, 6) is 0.495. The number of sulfonamides is 1. The van der Waals surface area contributed by atoms with Gasteiger partial charge in [-0.3, -0.25) is 4.79 Å². The summed E-state index contributed by atoms with van der Waals surface area (Å²) in [4.78, 5) is 14.4. The highest BCUT2D eigenvalue weighted by atomic mass is 32.2. The van der Waals surface area contributed by atoms with Crippen molar-refractivity contribution in [1.82, 2.24) is 9.29 Å². The van der Waals surface area contributed by atoms with E-state index in [1.165, 1.54) is 33.3 Å². The number of anilines is 1. The van der Waals surface area contributed by atoms with Gasteiger partial charge >= 0.3 is 0 Å². The second-order valence-electron chi connectivity index (χ2n) is 5.03. The van der Waals surface area contributed by atoms with Gasteiger partial charge in [-0.15, -0.1) is 0 Å². The number of nitrogens with one attached hydrogen (secondary N) is 2. The quantitative estimate of drug-likeness (QED) is 0.828. The second kappa shape index (κ2) is 6.84. The number of ether oxygens (including phenoxy) is 1. The van der Waals surface area contributed by atoms with Gasteiger partial charge in [0, 0.05) is 32.4 Å². The van der Waals surface area contributed by atoms with E-state index >= 15 is 0 Å². The highest BCUT2D eigenvalue weighted by Gasteiger charge is 2.19. The molecule has 8 heteroatoms. The fourth-order valence-electron chi connectivity index (χ4n) is 1.98. The third kappa shape index (κ3) is 3.72. The van der Waals surface area contributed by atoms with Crippen LogP contribution in [-0.4, -0.2) is 38.9 Å². The molecule has 23 heavy (non-hydrogen) atoms. The lowest BCUT2D eigenvalue weighted by molar-refractivity contribution is 0.416. The molecule has 0 aliphatic heterocycles. The molecule has 0 radical (unpaired) electrons. The van der Waals surface area contributed by atoms with Crippen LogP contribution in [0.1, 0.15) is 5.56 Å². The zero-order chi connectivity index (χ0) is 17.0. The van der Waals surface area contributed by atoms with E-state index in [1.807, 2.05) is 0 Å². The topological polar surface area (TPSA) is 91.5 Å². The molecule has 0 saturated heterocycles. The SMILES string of the molecule is COc1ccc(S(=O)(=O)N(C)C)cc1NCc1ccc[nH]c1=O. The minimum Gasteiger partial charge on any atom is -0.495 e. The largest absolute Gasteiger partial charge is 0.495 e. The Kier molecular flexibility index (Phi) is 5.07. The molecular formula is C15H19N3O4S. The van der Waals surface area contributed by atoms with Gasteiger partial charge in [-0.1, -0.05) is 6.07 Å². The maximum Gasteiger partial charge on any atom is 0.252 e. The van der Waals surface area contributed by atoms with Crippen LogP contribution >= 0.6 is 0 Å². The number of hydrogen-bond donors (Lipinski definition) is 2. The first-order valence-corrected chi connectivity index (χ1v) is 8.31. The number of nitrogens with zero attached hydrogens (tertiary/aromatic N) is 1. The van der Waals surface area contributed by atoms with Gasteiger partial charge in [0.1, 0.15) is 5.75 Å². The van der Waals surface area contributed by atoms with Gasteiger partial charge in [-0.2, -0.15) is 0 Å². The Morgan fingerprint density at radius 3 is 2.61 bits per heavy atom. The van der Waals surface area contributed by atoms with Crippen LogP contribution in [0.5, 0.6) is 5.75 Å². The minimum atomic E-state index is -3.55. The number of H-pyrrole nitrogens is 1. The number of pyridine rings is 1. The average molecular weight is 337 g/mol. The monoisotopic (exact) mass is 337 g/mol. The van der Waals surface area contributed by atoms with Crippen LogP contribution in [0.15, 0.2) is 46.2 Å². The summed E-state index contributed by atoms with van der Waals surface area (Å²) < 4.78 is 30.8. The molecule has 0 aliphatic carbocycles. The summed E-state index contributed by atoms with van der Waals surface area (Å²) in [5.41, 5.74) is 0.838. The molecule has 1 aromatic carbocycles. The lowest BCUT2D eigenvalue weighted by atomic mass is 10.2. The molecule has 124 valence electrons. The minimum absolute atomic E-state index is 0.146. The van der Waals surface area contributed by atoms with Crippen molar-refractivity contribution in [3.63, 3.8) is 0 Å². The molecule has 2 aromatic rings. The van der Waals surface area contributed by atoms with E-state index in [0.29, 0.717) is 17.0 Å². The molecule has 7 nitrogen and oxygen atoms in total. The smallest absolute Gasteiger partial charge is 0.252 e. The highest BCUT2D eigenvalue weighted by Crippen LogP contribution is 2.28. The summed E-state index contributed by atoms with van der Waals surface area (Å²) in [6.07, 6.45) is 1.55. The molecule has 2 rings (SSSR count). The molecule has 0 fully saturated rings. The molecule has 0 spiro atoms. The first kappa shape index (κ1) is 17.0. The predicted octanol–water partition coefficient (Wildman–Crippen LogP) is 1.25. The fraction of sp³-hybridized carbons (Fsp3) is 0.267. The lowest BCUT2D eigenvalue weighted by Gasteiger charge is -2.15. The van der Waals surface area contributed by atoms with E-state index in [9.17, 15) is 13.2 Å². The number of methoxy groups -OCH3 is 1. The number of aromatic nitrogens is 1. The van der Waals surface area contributed by atoms with E-state index in [-0.39, 0.29) is 17.0 Å². The maximum absolute atomic E-state index is 12.2. The van der Waals surface area contributed by atoms with Crippen molar-refractivity contribution in [2.75, 3.05) is 26.5 Å². The van der Waals surface area contributed by atoms with E-state index in [4.69, 9.17) is 4.74 Å². The molecular weight excluding hydrogens is 318 g/mol. The van der Waals surface area contributed by atoms with E-state index in [2.05, 4.69) is 10.3 Å². The third-order valence-corrected chi connectivity index (χ3v) is 5.13. The van der Waals surface area contributed by atoms with Crippen LogP contribution in [0.4, 0.5) is 5.69 Å². The average Bonchev–Trinajstić information content (AvgIpc) is 2.53. The van der Waals surface area contributed by atoms with Crippen LogP contribution in [0.2, 0.25) is 0 Å². The Morgan fingerprint density at radius 2 is 2.00 bits per heavy atom. The van der Waals surface area contributed by atoms with E-state index in [1.54, 1.807) is 24.4 Å². The zero-order valence-corrected chi connectivity index (χ0v) is 14.0. The van der Waals surface area contributed by atoms with Crippen molar-refractivity contribution in [2.24, 2.45) is 0 Å². The van der Waals surface area contributed by atoms with Crippen molar-refractivity contribution >= 4 is 15.7 Å². The number of benzene rings is 1. The Hall–Kier alpha value is -2.32. The first-order valence-electron chi connectivity index (χ1n) is 6.87. The van der Waals surface area contributed by atoms with Crippen molar-refractivity contribution < 1.29 is 13.2 Å². The van der Waals surface area contributed by atoms with E-state index in [0.717, 1.165) is 4.31 Å². The molecule has 0 saturated carbocycles. The lowest BCUT2D eigenvalue weighted by Crippen LogP contribution is -2.22. The summed E-state index contributed by atoms with van der Waals surface area (Å²) in [6.45, 7) is 0.248. The van der Waals surface area contributed by atoms with Crippen molar-refractivity contribution in [1.29, 1.82) is 0 Å². The molecule has 2 N–H and O–H groups in total. The fourth-order valence-corrected chi connectivity index (χ4v) is 2.91. The van der Waals surface area contributed by atoms with Gasteiger partial charge < -0.3 is 15.0 Å². The Balaban J connectivity index is 2.34. The maximum atomic E-state index is 12.2. The van der Waals surface area contributed by atoms with Crippen molar-refractivity contribution in [2.45, 2.75) is 11.4 Å². The Bertz CT molecular complexity index is 844. The summed E-state index contributed by atoms with van der Waals surface area (Å²) in [7, 11) is 0.887. The van der Waals surface area contributed by atoms with Crippen LogP contribution in [0.3, 0.4) is 0 Å². The van der Waals surface area contributed by atoms with Crippen molar-refractivity contribution in [3.05, 3.63) is 52.4 Å². The highest BCUT2D eigenvalue weighted by molar-refractivity contribution is 7.89. The van der Waals surface area contributed by atoms with Gasteiger partial charge in [0.25, 0.3) is 5.56 Å². The van der Waals surface area contributed by atoms with Gasteiger partial charge in [0.2, 0.25) is 10.0 Å². The normalized spacial score (nSPS) is 11.5. The Morgan fingerprint density at radius 1 is 1.26 bits per heavy atom. The predicted molar refractivity (Wildman–Crippen MR) is 88.3 cm³/mol. The number of rotatable bonds is 6. The van der Waals surface area contributed by atoms with Crippen LogP contribution in [0.25, 0.3) is 0 Å². The molecule has 1 heterocycles. The zero-order valence-electron chi connectivity index (χ0n) is 13.2. The van der Waals surface area contributed by atoms with E-state index < -0.39 is 10.0 Å². The van der Waals surface area contributed by atoms with Gasteiger partial charge in [0.05, 0.1) is 17.7 Å². The molecule has 0 bridgehead atoms. The molecule has 1 aromatic heterocycles. The summed E-state index contributed by atoms with van der Waals surface area (Å²) in [5, 5.41) is 3.04. The van der Waals surface area contributed by atoms with Crippen LogP contribution in [-0.2, 0) is 16.6 Å². The van der Waals surface area contributed by atoms with Gasteiger partial charge in [0.15, 0.2) is 0 Å². The Labute approximate surface area is 135 Å². The van der Waals surface area contributed by atoms with Crippen molar-refractivity contribution in [3.8, 4) is 5.75 Å².